The van der Waals surface area contributed by atoms with E-state index in [4.69, 9.17) is 15.0 Å². The van der Waals surface area contributed by atoms with Crippen molar-refractivity contribution in [3.63, 3.8) is 0 Å². The summed E-state index contributed by atoms with van der Waals surface area (Å²) in [5, 5.41) is 18.8. The molecule has 0 spiro atoms. The third kappa shape index (κ3) is 39.5. The summed E-state index contributed by atoms with van der Waals surface area (Å²) in [4.78, 5) is 50.0. The summed E-state index contributed by atoms with van der Waals surface area (Å²) in [6.07, 6.45) is 41.2. The fourth-order valence-corrected chi connectivity index (χ4v) is 8.21. The van der Waals surface area contributed by atoms with Gasteiger partial charge < -0.3 is 30.1 Å². The molecular formula is C53H105N3O6. The van der Waals surface area contributed by atoms with Gasteiger partial charge in [-0.1, -0.05) is 195 Å². The van der Waals surface area contributed by atoms with Gasteiger partial charge in [0.05, 0.1) is 0 Å². The van der Waals surface area contributed by atoms with Crippen molar-refractivity contribution in [1.82, 2.24) is 4.90 Å². The highest BCUT2D eigenvalue weighted by molar-refractivity contribution is 5.78. The molecule has 9 nitrogen and oxygen atoms in total. The van der Waals surface area contributed by atoms with E-state index in [1.165, 1.54) is 148 Å². The van der Waals surface area contributed by atoms with E-state index in [1.54, 1.807) is 0 Å². The summed E-state index contributed by atoms with van der Waals surface area (Å²) in [6, 6.07) is 0. The van der Waals surface area contributed by atoms with Crippen molar-refractivity contribution in [3.8, 4) is 0 Å². The Kier molecular flexibility index (Phi) is 53.3. The minimum atomic E-state index is -0.346. The molecule has 1 unspecified atom stereocenters. The van der Waals surface area contributed by atoms with Crippen LogP contribution in [0.15, 0.2) is 9.59 Å². The number of ketones is 1. The topological polar surface area (TPSA) is 127 Å². The summed E-state index contributed by atoms with van der Waals surface area (Å²) in [5.41, 5.74) is 0.524. The minimum absolute atomic E-state index is 0.310. The predicted octanol–water partition coefficient (Wildman–Crippen LogP) is 13.0. The number of Topliss-reactive ketones (excluding diaryl/α,β-unsaturated/α-hetero) is 1. The zero-order valence-electron chi connectivity index (χ0n) is 42.3. The van der Waals surface area contributed by atoms with Gasteiger partial charge in [-0.2, -0.15) is 0 Å². The zero-order chi connectivity index (χ0) is 46.9. The Morgan fingerprint density at radius 1 is 0.516 bits per heavy atom. The monoisotopic (exact) mass is 880 g/mol. The number of aliphatic hydroxyl groups excluding tert-OH is 2. The van der Waals surface area contributed by atoms with Gasteiger partial charge in [0.15, 0.2) is 0 Å². The lowest BCUT2D eigenvalue weighted by atomic mass is 9.91. The van der Waals surface area contributed by atoms with E-state index in [-0.39, 0.29) is 10.9 Å². The van der Waals surface area contributed by atoms with Gasteiger partial charge in [-0.3, -0.25) is 14.4 Å². The predicted molar refractivity (Wildman–Crippen MR) is 271 cm³/mol. The SMILES string of the molecule is C=O.CCCCCCCCC(=O)CCCCCCCN(CCCCCCCC(CCC)CCCCCC)c1c(NCCCN(C)C)c(=O)c1=O.CCCCCCCCCO.CO. The number of hydrogen-bond acceptors (Lipinski definition) is 9. The molecule has 0 aliphatic rings. The lowest BCUT2D eigenvalue weighted by Crippen LogP contribution is -2.43. The summed E-state index contributed by atoms with van der Waals surface area (Å²) >= 11 is 0. The van der Waals surface area contributed by atoms with Crippen LogP contribution in [0, 0.1) is 5.92 Å². The Bertz CT molecular complexity index is 1110. The Balaban J connectivity index is -0.00000214. The Hall–Kier alpha value is -2.10. The largest absolute Gasteiger partial charge is 0.400 e. The maximum Gasteiger partial charge on any atom is 0.253 e. The molecule has 1 atom stereocenters. The molecule has 0 aliphatic carbocycles. The third-order valence-corrected chi connectivity index (χ3v) is 11.9. The second-order valence-corrected chi connectivity index (χ2v) is 17.9. The average molecular weight is 880 g/mol. The van der Waals surface area contributed by atoms with Crippen LogP contribution in [0.4, 0.5) is 11.4 Å². The lowest BCUT2D eigenvalue weighted by molar-refractivity contribution is -0.119. The molecule has 0 saturated carbocycles. The van der Waals surface area contributed by atoms with E-state index in [0.29, 0.717) is 30.3 Å². The molecular weight excluding hydrogens is 775 g/mol. The number of unbranched alkanes of at least 4 members (excludes halogenated alkanes) is 22. The number of anilines is 2. The van der Waals surface area contributed by atoms with E-state index in [2.05, 4.69) is 56.9 Å². The standard InChI is InChI=1S/C42H79N3O3.C9H20O.CH4O.CH2O/c1-6-9-11-13-17-23-31-38(46)32-24-18-15-20-26-36-45(40-39(41(47)42(40)48)43-33-27-34-44(4)5)35-25-19-14-16-22-30-37(28-8-3)29-21-12-10-7-2;1-2-3-4-5-6-7-8-9-10;2*1-2/h37,43H,6-36H2,1-5H3;10H,2-9H2,1H3;2H,1H3;1H2. The van der Waals surface area contributed by atoms with Crippen molar-refractivity contribution in [2.24, 2.45) is 5.92 Å². The Morgan fingerprint density at radius 3 is 1.35 bits per heavy atom. The zero-order valence-corrected chi connectivity index (χ0v) is 42.3. The first-order valence-corrected chi connectivity index (χ1v) is 26.1. The van der Waals surface area contributed by atoms with Crippen LogP contribution in [0.3, 0.4) is 0 Å². The Labute approximate surface area is 384 Å². The van der Waals surface area contributed by atoms with Gasteiger partial charge in [0.25, 0.3) is 10.9 Å². The van der Waals surface area contributed by atoms with Crippen LogP contribution in [0.1, 0.15) is 246 Å². The third-order valence-electron chi connectivity index (χ3n) is 11.9. The fourth-order valence-electron chi connectivity index (χ4n) is 8.21. The van der Waals surface area contributed by atoms with Crippen molar-refractivity contribution < 1.29 is 19.8 Å². The summed E-state index contributed by atoms with van der Waals surface area (Å²) in [5.74, 6) is 1.34. The molecule has 0 bridgehead atoms. The normalized spacial score (nSPS) is 11.3. The van der Waals surface area contributed by atoms with E-state index in [9.17, 15) is 14.4 Å². The van der Waals surface area contributed by atoms with Crippen LogP contribution in [0.5, 0.6) is 0 Å². The van der Waals surface area contributed by atoms with Crippen molar-refractivity contribution in [3.05, 3.63) is 20.4 Å². The highest BCUT2D eigenvalue weighted by atomic mass is 16.3. The number of carbonyl (C=O) groups excluding carboxylic acids is 2. The number of aliphatic hydroxyl groups is 2. The van der Waals surface area contributed by atoms with Crippen molar-refractivity contribution in [2.75, 3.05) is 64.2 Å². The summed E-state index contributed by atoms with van der Waals surface area (Å²) in [6.45, 7) is 14.8. The van der Waals surface area contributed by atoms with Gasteiger partial charge in [0.2, 0.25) is 0 Å². The number of nitrogens with one attached hydrogen (secondary N) is 1. The van der Waals surface area contributed by atoms with E-state index >= 15 is 0 Å². The molecule has 0 aliphatic heterocycles. The van der Waals surface area contributed by atoms with Crippen LogP contribution >= 0.6 is 0 Å². The Morgan fingerprint density at radius 2 is 0.919 bits per heavy atom. The maximum absolute atomic E-state index is 12.8. The van der Waals surface area contributed by atoms with Crippen molar-refractivity contribution in [2.45, 2.75) is 246 Å². The van der Waals surface area contributed by atoms with Gasteiger partial charge in [-0.05, 0) is 65.1 Å². The molecule has 0 fully saturated rings. The second kappa shape index (κ2) is 51.5. The molecule has 0 saturated heterocycles. The molecule has 0 aromatic heterocycles. The molecule has 1 rings (SSSR count). The number of rotatable bonds is 43. The molecule has 0 radical (unpaired) electrons. The molecule has 9 heteroatoms. The van der Waals surface area contributed by atoms with Crippen LogP contribution in [0.2, 0.25) is 0 Å². The van der Waals surface area contributed by atoms with Crippen molar-refractivity contribution in [1.29, 1.82) is 0 Å². The first-order valence-electron chi connectivity index (χ1n) is 26.1. The van der Waals surface area contributed by atoms with E-state index < -0.39 is 0 Å². The summed E-state index contributed by atoms with van der Waals surface area (Å²) < 4.78 is 0. The van der Waals surface area contributed by atoms with Gasteiger partial charge in [-0.15, -0.1) is 0 Å². The molecule has 62 heavy (non-hydrogen) atoms. The van der Waals surface area contributed by atoms with Crippen LogP contribution in [0.25, 0.3) is 0 Å². The van der Waals surface area contributed by atoms with E-state index in [0.717, 1.165) is 103 Å². The highest BCUT2D eigenvalue weighted by Crippen LogP contribution is 2.25. The average Bonchev–Trinajstić information content (AvgIpc) is 3.28. The van der Waals surface area contributed by atoms with Crippen LogP contribution < -0.4 is 21.1 Å². The van der Waals surface area contributed by atoms with Crippen molar-refractivity contribution >= 4 is 23.9 Å². The molecule has 3 N–H and O–H groups in total. The first kappa shape index (κ1) is 64.2. The quantitative estimate of drug-likeness (QED) is 0.0434. The molecule has 368 valence electrons. The number of nitrogens with zero attached hydrogens (tertiary/aromatic N) is 2. The van der Waals surface area contributed by atoms with Crippen LogP contribution in [-0.4, -0.2) is 81.7 Å². The van der Waals surface area contributed by atoms with Gasteiger partial charge in [0, 0.05) is 46.2 Å². The van der Waals surface area contributed by atoms with E-state index in [1.807, 2.05) is 6.79 Å². The maximum atomic E-state index is 12.8. The minimum Gasteiger partial charge on any atom is -0.400 e. The van der Waals surface area contributed by atoms with Gasteiger partial charge >= 0.3 is 0 Å². The molecule has 0 amide bonds. The second-order valence-electron chi connectivity index (χ2n) is 17.9. The first-order chi connectivity index (χ1) is 30.3. The number of carbonyl (C=O) groups is 2. The van der Waals surface area contributed by atoms with Gasteiger partial charge in [0.1, 0.15) is 23.9 Å². The smallest absolute Gasteiger partial charge is 0.253 e. The number of hydrogen-bond donors (Lipinski definition) is 3. The summed E-state index contributed by atoms with van der Waals surface area (Å²) in [7, 11) is 5.11. The molecule has 0 heterocycles. The molecule has 1 aromatic rings. The van der Waals surface area contributed by atoms with Gasteiger partial charge in [-0.25, -0.2) is 0 Å². The fraction of sp³-hybridized carbons (Fsp3) is 0.887. The van der Waals surface area contributed by atoms with Crippen LogP contribution in [-0.2, 0) is 9.59 Å². The lowest BCUT2D eigenvalue weighted by Gasteiger charge is -2.28. The molecule has 1 aromatic carbocycles. The highest BCUT2D eigenvalue weighted by Gasteiger charge is 2.25.